The maximum absolute atomic E-state index is 13.0. The van der Waals surface area contributed by atoms with Gasteiger partial charge in [-0.3, -0.25) is 0 Å². The fraction of sp³-hybridized carbons (Fsp3) is 0.538. The van der Waals surface area contributed by atoms with Crippen molar-refractivity contribution < 1.29 is 17.9 Å². The highest BCUT2D eigenvalue weighted by Crippen LogP contribution is 2.37. The number of nitrogens with one attached hydrogen (secondary N) is 1. The molecule has 7 heteroatoms. The lowest BCUT2D eigenvalue weighted by molar-refractivity contribution is 0.134. The summed E-state index contributed by atoms with van der Waals surface area (Å²) in [5, 5.41) is 9.47. The van der Waals surface area contributed by atoms with Gasteiger partial charge in [0.15, 0.2) is 0 Å². The zero-order valence-electron chi connectivity index (χ0n) is 11.1. The van der Waals surface area contributed by atoms with Gasteiger partial charge in [0.2, 0.25) is 10.0 Å². The predicted octanol–water partition coefficient (Wildman–Crippen LogP) is 1.24. The topological polar surface area (TPSA) is 92.4 Å². The maximum atomic E-state index is 13.0. The van der Waals surface area contributed by atoms with Crippen molar-refractivity contribution in [3.63, 3.8) is 0 Å². The first-order valence-electron chi connectivity index (χ1n) is 6.54. The standard InChI is InChI=1S/C13H19FN2O3S/c14-10-3-4-12(11(15)7-10)20(18,19)16-8-13(9-17)5-1-2-6-13/h3-4,7,16-17H,1-2,5-6,8-9,15H2. The Labute approximate surface area is 118 Å². The van der Waals surface area contributed by atoms with Crippen LogP contribution in [0.1, 0.15) is 25.7 Å². The average molecular weight is 302 g/mol. The fourth-order valence-corrected chi connectivity index (χ4v) is 3.87. The Balaban J connectivity index is 2.15. The van der Waals surface area contributed by atoms with Gasteiger partial charge in [-0.15, -0.1) is 0 Å². The summed E-state index contributed by atoms with van der Waals surface area (Å²) in [6.45, 7) is 0.122. The Bertz CT molecular complexity index is 583. The second kappa shape index (κ2) is 5.67. The second-order valence-electron chi connectivity index (χ2n) is 5.37. The molecule has 0 radical (unpaired) electrons. The summed E-state index contributed by atoms with van der Waals surface area (Å²) >= 11 is 0. The molecule has 2 rings (SSSR count). The maximum Gasteiger partial charge on any atom is 0.242 e. The van der Waals surface area contributed by atoms with Gasteiger partial charge in [-0.25, -0.2) is 17.5 Å². The molecular formula is C13H19FN2O3S. The minimum atomic E-state index is -3.80. The van der Waals surface area contributed by atoms with E-state index in [-0.39, 0.29) is 29.1 Å². The third-order valence-electron chi connectivity index (χ3n) is 3.90. The van der Waals surface area contributed by atoms with Crippen LogP contribution in [0.4, 0.5) is 10.1 Å². The van der Waals surface area contributed by atoms with E-state index in [9.17, 15) is 17.9 Å². The number of anilines is 1. The molecule has 1 aliphatic rings. The van der Waals surface area contributed by atoms with E-state index in [4.69, 9.17) is 5.73 Å². The number of nitrogen functional groups attached to an aromatic ring is 1. The third-order valence-corrected chi connectivity index (χ3v) is 5.37. The average Bonchev–Trinajstić information content (AvgIpc) is 2.85. The molecular weight excluding hydrogens is 283 g/mol. The smallest absolute Gasteiger partial charge is 0.242 e. The Morgan fingerprint density at radius 2 is 2.00 bits per heavy atom. The Morgan fingerprint density at radius 1 is 1.35 bits per heavy atom. The lowest BCUT2D eigenvalue weighted by Crippen LogP contribution is -2.38. The highest BCUT2D eigenvalue weighted by molar-refractivity contribution is 7.89. The molecule has 112 valence electrons. The van der Waals surface area contributed by atoms with E-state index >= 15 is 0 Å². The van der Waals surface area contributed by atoms with Gasteiger partial charge in [-0.2, -0.15) is 0 Å². The van der Waals surface area contributed by atoms with Gasteiger partial charge in [0.1, 0.15) is 10.7 Å². The molecule has 0 spiro atoms. The normalized spacial score (nSPS) is 18.3. The van der Waals surface area contributed by atoms with Crippen molar-refractivity contribution in [3.8, 4) is 0 Å². The van der Waals surface area contributed by atoms with Gasteiger partial charge in [0.25, 0.3) is 0 Å². The van der Waals surface area contributed by atoms with Crippen molar-refractivity contribution in [1.29, 1.82) is 0 Å². The van der Waals surface area contributed by atoms with Crippen LogP contribution in [0.25, 0.3) is 0 Å². The van der Waals surface area contributed by atoms with Crippen molar-refractivity contribution >= 4 is 15.7 Å². The Morgan fingerprint density at radius 3 is 2.55 bits per heavy atom. The number of aliphatic hydroxyl groups excluding tert-OH is 1. The molecule has 0 saturated heterocycles. The number of hydrogen-bond donors (Lipinski definition) is 3. The van der Waals surface area contributed by atoms with E-state index in [0.29, 0.717) is 0 Å². The van der Waals surface area contributed by atoms with Crippen molar-refractivity contribution in [2.45, 2.75) is 30.6 Å². The second-order valence-corrected chi connectivity index (χ2v) is 7.11. The van der Waals surface area contributed by atoms with Gasteiger partial charge >= 0.3 is 0 Å². The predicted molar refractivity (Wildman–Crippen MR) is 74.0 cm³/mol. The van der Waals surface area contributed by atoms with Crippen LogP contribution in [0.3, 0.4) is 0 Å². The molecule has 0 amide bonds. The van der Waals surface area contributed by atoms with Crippen molar-refractivity contribution in [2.24, 2.45) is 5.41 Å². The first-order valence-corrected chi connectivity index (χ1v) is 8.02. The molecule has 1 aromatic carbocycles. The van der Waals surface area contributed by atoms with Crippen LogP contribution in [-0.2, 0) is 10.0 Å². The summed E-state index contributed by atoms with van der Waals surface area (Å²) in [6, 6.07) is 3.18. The van der Waals surface area contributed by atoms with Gasteiger partial charge in [-0.05, 0) is 31.0 Å². The van der Waals surface area contributed by atoms with E-state index in [1.54, 1.807) is 0 Å². The van der Waals surface area contributed by atoms with Crippen LogP contribution in [0.15, 0.2) is 23.1 Å². The summed E-state index contributed by atoms with van der Waals surface area (Å²) in [5.41, 5.74) is 5.04. The van der Waals surface area contributed by atoms with Crippen LogP contribution >= 0.6 is 0 Å². The summed E-state index contributed by atoms with van der Waals surface area (Å²) in [5.74, 6) is -0.580. The summed E-state index contributed by atoms with van der Waals surface area (Å²) in [4.78, 5) is -0.134. The van der Waals surface area contributed by atoms with Gasteiger partial charge in [-0.1, -0.05) is 12.8 Å². The highest BCUT2D eigenvalue weighted by Gasteiger charge is 2.34. The molecule has 0 bridgehead atoms. The van der Waals surface area contributed by atoms with Crippen LogP contribution in [-0.4, -0.2) is 26.7 Å². The third kappa shape index (κ3) is 3.11. The lowest BCUT2D eigenvalue weighted by atomic mass is 9.88. The van der Waals surface area contributed by atoms with Crippen LogP contribution in [0.5, 0.6) is 0 Å². The highest BCUT2D eigenvalue weighted by atomic mass is 32.2. The van der Waals surface area contributed by atoms with E-state index in [0.717, 1.165) is 43.9 Å². The number of benzene rings is 1. The van der Waals surface area contributed by atoms with Gasteiger partial charge in [0.05, 0.1) is 5.69 Å². The molecule has 0 atom stereocenters. The number of hydrogen-bond acceptors (Lipinski definition) is 4. The van der Waals surface area contributed by atoms with E-state index in [2.05, 4.69) is 4.72 Å². The molecule has 1 aromatic rings. The molecule has 5 nitrogen and oxygen atoms in total. The molecule has 1 saturated carbocycles. The Kier molecular flexibility index (Phi) is 4.31. The molecule has 0 aliphatic heterocycles. The summed E-state index contributed by atoms with van der Waals surface area (Å²) < 4.78 is 39.8. The quantitative estimate of drug-likeness (QED) is 0.714. The first kappa shape index (κ1) is 15.2. The minimum Gasteiger partial charge on any atom is -0.398 e. The first-order chi connectivity index (χ1) is 9.38. The SMILES string of the molecule is Nc1cc(F)ccc1S(=O)(=O)NCC1(CO)CCCC1. The zero-order valence-corrected chi connectivity index (χ0v) is 11.9. The van der Waals surface area contributed by atoms with Crippen LogP contribution in [0.2, 0.25) is 0 Å². The largest absolute Gasteiger partial charge is 0.398 e. The lowest BCUT2D eigenvalue weighted by Gasteiger charge is -2.26. The van der Waals surface area contributed by atoms with E-state index in [1.807, 2.05) is 0 Å². The van der Waals surface area contributed by atoms with Crippen molar-refractivity contribution in [2.75, 3.05) is 18.9 Å². The number of rotatable bonds is 5. The number of halogens is 1. The zero-order chi connectivity index (χ0) is 14.8. The molecule has 20 heavy (non-hydrogen) atoms. The van der Waals surface area contributed by atoms with Gasteiger partial charge < -0.3 is 10.8 Å². The molecule has 0 heterocycles. The fourth-order valence-electron chi connectivity index (χ4n) is 2.61. The van der Waals surface area contributed by atoms with Gasteiger partial charge in [0, 0.05) is 18.6 Å². The van der Waals surface area contributed by atoms with Crippen molar-refractivity contribution in [3.05, 3.63) is 24.0 Å². The van der Waals surface area contributed by atoms with Crippen LogP contribution in [0, 0.1) is 11.2 Å². The molecule has 4 N–H and O–H groups in total. The molecule has 1 fully saturated rings. The monoisotopic (exact) mass is 302 g/mol. The molecule has 1 aliphatic carbocycles. The summed E-state index contributed by atoms with van der Waals surface area (Å²) in [7, 11) is -3.80. The van der Waals surface area contributed by atoms with E-state index in [1.165, 1.54) is 0 Å². The Hall–Kier alpha value is -1.18. The molecule has 0 unspecified atom stereocenters. The summed E-state index contributed by atoms with van der Waals surface area (Å²) in [6.07, 6.45) is 3.57. The number of aliphatic hydroxyl groups is 1. The van der Waals surface area contributed by atoms with E-state index < -0.39 is 15.8 Å². The molecule has 0 aromatic heterocycles. The number of nitrogens with two attached hydrogens (primary N) is 1. The number of sulfonamides is 1. The van der Waals surface area contributed by atoms with Crippen molar-refractivity contribution in [1.82, 2.24) is 4.72 Å². The van der Waals surface area contributed by atoms with Crippen LogP contribution < -0.4 is 10.5 Å². The minimum absolute atomic E-state index is 0.0472.